The number of hydrogen-bond donors (Lipinski definition) is 1. The Hall–Kier alpha value is -1.31. The zero-order valence-corrected chi connectivity index (χ0v) is 15.3. The monoisotopic (exact) mass is 390 g/mol. The van der Waals surface area contributed by atoms with Crippen LogP contribution in [0.4, 0.5) is 13.2 Å². The number of nitrogens with zero attached hydrogens (tertiary/aromatic N) is 2. The smallest absolute Gasteiger partial charge is 0.396 e. The molecule has 1 aromatic rings. The predicted octanol–water partition coefficient (Wildman–Crippen LogP) is 3.28. The molecule has 1 N–H and O–H groups in total. The molecule has 0 saturated carbocycles. The second-order valence-corrected chi connectivity index (χ2v) is 7.72. The number of piperidine rings is 2. The van der Waals surface area contributed by atoms with Gasteiger partial charge in [0.25, 0.3) is 5.91 Å². The first-order chi connectivity index (χ1) is 12.2. The lowest BCUT2D eigenvalue weighted by Crippen LogP contribution is -2.62. The summed E-state index contributed by atoms with van der Waals surface area (Å²) in [4.78, 5) is 16.6. The van der Waals surface area contributed by atoms with Crippen molar-refractivity contribution in [3.8, 4) is 0 Å². The van der Waals surface area contributed by atoms with E-state index in [0.717, 1.165) is 37.6 Å². The summed E-state index contributed by atoms with van der Waals surface area (Å²) in [5.41, 5.74) is -1.26. The Balaban J connectivity index is 1.85. The fourth-order valence-corrected chi connectivity index (χ4v) is 4.43. The number of benzene rings is 1. The second-order valence-electron chi connectivity index (χ2n) is 7.31. The highest BCUT2D eigenvalue weighted by atomic mass is 35.5. The van der Waals surface area contributed by atoms with E-state index in [1.165, 1.54) is 0 Å². The standard InChI is InChI=1S/C18H22ClF3N2O2/c1-23-7-2-5-17(11-25)6-8-24(10-15(17)23)16(26)13-9-12(18(20,21)22)3-4-14(13)19/h3-4,9,15,25H,2,5-8,10-11H2,1H3/t15-,17-/m1/s1. The molecule has 144 valence electrons. The molecule has 0 aromatic heterocycles. The first kappa shape index (κ1) is 19.5. The van der Waals surface area contributed by atoms with Crippen molar-refractivity contribution in [3.05, 3.63) is 34.3 Å². The number of halogens is 4. The van der Waals surface area contributed by atoms with Gasteiger partial charge < -0.3 is 14.9 Å². The summed E-state index contributed by atoms with van der Waals surface area (Å²) in [6.07, 6.45) is -2.02. The van der Waals surface area contributed by atoms with Crippen LogP contribution < -0.4 is 0 Å². The lowest BCUT2D eigenvalue weighted by molar-refractivity contribution is -0.137. The molecule has 2 fully saturated rings. The van der Waals surface area contributed by atoms with Crippen molar-refractivity contribution >= 4 is 17.5 Å². The third-order valence-corrected chi connectivity index (χ3v) is 6.15. The molecular weight excluding hydrogens is 369 g/mol. The Kier molecular flexibility index (Phi) is 5.25. The molecule has 2 heterocycles. The molecule has 2 aliphatic heterocycles. The van der Waals surface area contributed by atoms with Crippen molar-refractivity contribution in [2.45, 2.75) is 31.5 Å². The normalized spacial score (nSPS) is 27.3. The highest BCUT2D eigenvalue weighted by molar-refractivity contribution is 6.33. The van der Waals surface area contributed by atoms with Gasteiger partial charge >= 0.3 is 6.18 Å². The lowest BCUT2D eigenvalue weighted by Gasteiger charge is -2.53. The molecule has 8 heteroatoms. The zero-order chi connectivity index (χ0) is 19.1. The largest absolute Gasteiger partial charge is 0.416 e. The number of fused-ring (bicyclic) bond motifs is 1. The van der Waals surface area contributed by atoms with E-state index < -0.39 is 17.6 Å². The number of rotatable bonds is 2. The highest BCUT2D eigenvalue weighted by Crippen LogP contribution is 2.42. The fraction of sp³-hybridized carbons (Fsp3) is 0.611. The Morgan fingerprint density at radius 1 is 1.35 bits per heavy atom. The first-order valence-electron chi connectivity index (χ1n) is 8.65. The minimum Gasteiger partial charge on any atom is -0.396 e. The summed E-state index contributed by atoms with van der Waals surface area (Å²) in [5.74, 6) is -0.494. The summed E-state index contributed by atoms with van der Waals surface area (Å²) >= 11 is 6.02. The summed E-state index contributed by atoms with van der Waals surface area (Å²) in [6, 6.07) is 2.81. The fourth-order valence-electron chi connectivity index (χ4n) is 4.24. The van der Waals surface area contributed by atoms with E-state index in [0.29, 0.717) is 19.5 Å². The van der Waals surface area contributed by atoms with Gasteiger partial charge in [0, 0.05) is 24.5 Å². The Morgan fingerprint density at radius 3 is 2.73 bits per heavy atom. The maximum absolute atomic E-state index is 13.0. The molecule has 26 heavy (non-hydrogen) atoms. The number of likely N-dealkylation sites (tertiary alicyclic amines) is 2. The molecule has 2 aliphatic rings. The molecule has 0 spiro atoms. The van der Waals surface area contributed by atoms with Gasteiger partial charge in [0.05, 0.1) is 22.8 Å². The number of alkyl halides is 3. The van der Waals surface area contributed by atoms with Crippen LogP contribution in [0.3, 0.4) is 0 Å². The number of likely N-dealkylation sites (N-methyl/N-ethyl adjacent to an activating group) is 1. The van der Waals surface area contributed by atoms with Crippen LogP contribution in [0.1, 0.15) is 35.2 Å². The zero-order valence-electron chi connectivity index (χ0n) is 14.5. The van der Waals surface area contributed by atoms with Crippen LogP contribution in [0.25, 0.3) is 0 Å². The van der Waals surface area contributed by atoms with Crippen molar-refractivity contribution in [3.63, 3.8) is 0 Å². The lowest BCUT2D eigenvalue weighted by atomic mass is 9.69. The third kappa shape index (κ3) is 3.44. The van der Waals surface area contributed by atoms with Crippen LogP contribution in [0.5, 0.6) is 0 Å². The van der Waals surface area contributed by atoms with Crippen LogP contribution in [-0.4, -0.2) is 60.1 Å². The number of hydrogen-bond acceptors (Lipinski definition) is 3. The minimum atomic E-state index is -4.53. The Bertz CT molecular complexity index is 698. The third-order valence-electron chi connectivity index (χ3n) is 5.82. The van der Waals surface area contributed by atoms with Gasteiger partial charge in [0.15, 0.2) is 0 Å². The van der Waals surface area contributed by atoms with Crippen LogP contribution in [0, 0.1) is 5.41 Å². The number of amides is 1. The van der Waals surface area contributed by atoms with Gasteiger partial charge in [-0.2, -0.15) is 13.2 Å². The summed E-state index contributed by atoms with van der Waals surface area (Å²) in [7, 11) is 1.96. The van der Waals surface area contributed by atoms with Crippen LogP contribution in [0.2, 0.25) is 5.02 Å². The minimum absolute atomic E-state index is 0.0106. The van der Waals surface area contributed by atoms with Gasteiger partial charge in [-0.05, 0) is 51.1 Å². The van der Waals surface area contributed by atoms with E-state index in [1.54, 1.807) is 4.90 Å². The van der Waals surface area contributed by atoms with Crippen molar-refractivity contribution in [1.82, 2.24) is 9.80 Å². The quantitative estimate of drug-likeness (QED) is 0.842. The van der Waals surface area contributed by atoms with Gasteiger partial charge in [0.2, 0.25) is 0 Å². The van der Waals surface area contributed by atoms with Gasteiger partial charge in [-0.1, -0.05) is 11.6 Å². The molecule has 0 radical (unpaired) electrons. The molecule has 2 saturated heterocycles. The maximum atomic E-state index is 13.0. The summed E-state index contributed by atoms with van der Waals surface area (Å²) in [5, 5.41) is 9.94. The number of aliphatic hydroxyl groups excluding tert-OH is 1. The molecule has 0 bridgehead atoms. The van der Waals surface area contributed by atoms with E-state index >= 15 is 0 Å². The first-order valence-corrected chi connectivity index (χ1v) is 9.03. The van der Waals surface area contributed by atoms with Crippen molar-refractivity contribution in [2.24, 2.45) is 5.41 Å². The van der Waals surface area contributed by atoms with E-state index in [4.69, 9.17) is 11.6 Å². The van der Waals surface area contributed by atoms with E-state index in [2.05, 4.69) is 4.90 Å². The average molecular weight is 391 g/mol. The van der Waals surface area contributed by atoms with Crippen LogP contribution >= 0.6 is 11.6 Å². The molecule has 2 atom stereocenters. The maximum Gasteiger partial charge on any atom is 0.416 e. The number of aliphatic hydroxyl groups is 1. The molecular formula is C18H22ClF3N2O2. The van der Waals surface area contributed by atoms with E-state index in [9.17, 15) is 23.1 Å². The van der Waals surface area contributed by atoms with Gasteiger partial charge in [-0.15, -0.1) is 0 Å². The summed E-state index contributed by atoms with van der Waals surface area (Å²) in [6.45, 7) is 1.70. The van der Waals surface area contributed by atoms with Gasteiger partial charge in [-0.25, -0.2) is 0 Å². The predicted molar refractivity (Wildman–Crippen MR) is 92.1 cm³/mol. The van der Waals surface area contributed by atoms with Crippen LogP contribution in [-0.2, 0) is 6.18 Å². The van der Waals surface area contributed by atoms with Crippen molar-refractivity contribution in [2.75, 3.05) is 33.3 Å². The van der Waals surface area contributed by atoms with Crippen molar-refractivity contribution in [1.29, 1.82) is 0 Å². The molecule has 3 rings (SSSR count). The second kappa shape index (κ2) is 7.02. The number of carbonyl (C=O) groups is 1. The molecule has 1 amide bonds. The van der Waals surface area contributed by atoms with E-state index in [-0.39, 0.29) is 28.6 Å². The summed E-state index contributed by atoms with van der Waals surface area (Å²) < 4.78 is 38.9. The SMILES string of the molecule is CN1CCC[C@]2(CO)CCN(C(=O)c3cc(C(F)(F)F)ccc3Cl)C[C@@H]12. The van der Waals surface area contributed by atoms with Gasteiger partial charge in [-0.3, -0.25) is 4.79 Å². The highest BCUT2D eigenvalue weighted by Gasteiger charge is 2.47. The Labute approximate surface area is 155 Å². The van der Waals surface area contributed by atoms with E-state index in [1.807, 2.05) is 7.05 Å². The van der Waals surface area contributed by atoms with Crippen molar-refractivity contribution < 1.29 is 23.1 Å². The molecule has 1 aromatic carbocycles. The molecule has 4 nitrogen and oxygen atoms in total. The van der Waals surface area contributed by atoms with Gasteiger partial charge in [0.1, 0.15) is 0 Å². The number of carbonyl (C=O) groups excluding carboxylic acids is 1. The Morgan fingerprint density at radius 2 is 2.08 bits per heavy atom. The van der Waals surface area contributed by atoms with Crippen LogP contribution in [0.15, 0.2) is 18.2 Å². The molecule has 0 aliphatic carbocycles. The average Bonchev–Trinajstić information content (AvgIpc) is 2.60. The topological polar surface area (TPSA) is 43.8 Å². The molecule has 0 unspecified atom stereocenters.